The maximum atomic E-state index is 13.2. The van der Waals surface area contributed by atoms with Crippen molar-refractivity contribution < 1.29 is 8.42 Å². The van der Waals surface area contributed by atoms with Crippen molar-refractivity contribution in [3.05, 3.63) is 51.2 Å². The SMILES string of the molecule is Cc1cc(C)c(S(=O)(=O)N2CCC[C@H]2c2cccs2)cc1C. The van der Waals surface area contributed by atoms with Gasteiger partial charge in [-0.25, -0.2) is 8.42 Å². The van der Waals surface area contributed by atoms with Gasteiger partial charge in [-0.3, -0.25) is 0 Å². The van der Waals surface area contributed by atoms with Crippen LogP contribution < -0.4 is 0 Å². The van der Waals surface area contributed by atoms with Crippen LogP contribution in [-0.2, 0) is 10.0 Å². The lowest BCUT2D eigenvalue weighted by Crippen LogP contribution is -2.31. The highest BCUT2D eigenvalue weighted by Crippen LogP contribution is 2.39. The van der Waals surface area contributed by atoms with Gasteiger partial charge in [-0.05, 0) is 67.8 Å². The Kier molecular flexibility index (Phi) is 4.14. The Bertz CT molecular complexity index is 779. The molecule has 0 unspecified atom stereocenters. The lowest BCUT2D eigenvalue weighted by Gasteiger charge is -2.24. The number of nitrogens with zero attached hydrogens (tertiary/aromatic N) is 1. The van der Waals surface area contributed by atoms with E-state index < -0.39 is 10.0 Å². The molecule has 0 aliphatic carbocycles. The second kappa shape index (κ2) is 5.80. The van der Waals surface area contributed by atoms with Crippen LogP contribution in [0.2, 0.25) is 0 Å². The van der Waals surface area contributed by atoms with Crippen LogP contribution in [0.25, 0.3) is 0 Å². The van der Waals surface area contributed by atoms with E-state index in [1.54, 1.807) is 15.6 Å². The Labute approximate surface area is 136 Å². The summed E-state index contributed by atoms with van der Waals surface area (Å²) in [5, 5.41) is 2.01. The predicted molar refractivity (Wildman–Crippen MR) is 90.8 cm³/mol. The highest BCUT2D eigenvalue weighted by atomic mass is 32.2. The van der Waals surface area contributed by atoms with Crippen LogP contribution in [0.5, 0.6) is 0 Å². The summed E-state index contributed by atoms with van der Waals surface area (Å²) in [6, 6.07) is 7.81. The molecule has 1 atom stereocenters. The summed E-state index contributed by atoms with van der Waals surface area (Å²) < 4.78 is 28.0. The van der Waals surface area contributed by atoms with Crippen molar-refractivity contribution in [3.63, 3.8) is 0 Å². The predicted octanol–water partition coefficient (Wildman–Crippen LogP) is 4.20. The molecular weight excluding hydrogens is 314 g/mol. The maximum Gasteiger partial charge on any atom is 0.243 e. The molecule has 1 saturated heterocycles. The number of rotatable bonds is 3. The summed E-state index contributed by atoms with van der Waals surface area (Å²) in [5.74, 6) is 0. The van der Waals surface area contributed by atoms with Crippen molar-refractivity contribution in [1.82, 2.24) is 4.31 Å². The minimum atomic E-state index is -3.44. The van der Waals surface area contributed by atoms with Crippen molar-refractivity contribution >= 4 is 21.4 Å². The smallest absolute Gasteiger partial charge is 0.207 e. The van der Waals surface area contributed by atoms with Gasteiger partial charge in [-0.15, -0.1) is 11.3 Å². The highest BCUT2D eigenvalue weighted by Gasteiger charge is 2.37. The molecule has 5 heteroatoms. The second-order valence-corrected chi connectivity index (χ2v) is 8.83. The molecule has 22 heavy (non-hydrogen) atoms. The first-order valence-electron chi connectivity index (χ1n) is 7.54. The zero-order valence-electron chi connectivity index (χ0n) is 13.2. The van der Waals surface area contributed by atoms with Crippen molar-refractivity contribution in [3.8, 4) is 0 Å². The summed E-state index contributed by atoms with van der Waals surface area (Å²) in [4.78, 5) is 1.60. The van der Waals surface area contributed by atoms with Crippen LogP contribution in [-0.4, -0.2) is 19.3 Å². The lowest BCUT2D eigenvalue weighted by molar-refractivity contribution is 0.400. The van der Waals surface area contributed by atoms with E-state index >= 15 is 0 Å². The van der Waals surface area contributed by atoms with Crippen LogP contribution >= 0.6 is 11.3 Å². The Hall–Kier alpha value is -1.17. The van der Waals surface area contributed by atoms with E-state index in [9.17, 15) is 8.42 Å². The molecule has 1 aromatic carbocycles. The molecule has 0 saturated carbocycles. The number of sulfonamides is 1. The minimum Gasteiger partial charge on any atom is -0.207 e. The fourth-order valence-corrected chi connectivity index (χ4v) is 6.04. The Morgan fingerprint density at radius 3 is 2.55 bits per heavy atom. The third kappa shape index (κ3) is 2.62. The topological polar surface area (TPSA) is 37.4 Å². The first-order chi connectivity index (χ1) is 10.4. The van der Waals surface area contributed by atoms with Crippen molar-refractivity contribution in [2.45, 2.75) is 44.6 Å². The van der Waals surface area contributed by atoms with Gasteiger partial charge < -0.3 is 0 Å². The largest absolute Gasteiger partial charge is 0.243 e. The van der Waals surface area contributed by atoms with Gasteiger partial charge in [0.1, 0.15) is 0 Å². The van der Waals surface area contributed by atoms with Crippen molar-refractivity contribution in [2.24, 2.45) is 0 Å². The van der Waals surface area contributed by atoms with E-state index in [0.29, 0.717) is 11.4 Å². The molecular formula is C17H21NO2S2. The van der Waals surface area contributed by atoms with E-state index in [1.165, 1.54) is 0 Å². The van der Waals surface area contributed by atoms with Gasteiger partial charge in [0.05, 0.1) is 10.9 Å². The second-order valence-electron chi connectivity index (χ2n) is 5.99. The van der Waals surface area contributed by atoms with Gasteiger partial charge in [0.15, 0.2) is 0 Å². The zero-order chi connectivity index (χ0) is 15.9. The average molecular weight is 335 g/mol. The van der Waals surface area contributed by atoms with Crippen LogP contribution in [0.1, 0.15) is 40.5 Å². The molecule has 0 spiro atoms. The fraction of sp³-hybridized carbons (Fsp3) is 0.412. The van der Waals surface area contributed by atoms with Crippen LogP contribution in [0.4, 0.5) is 0 Å². The molecule has 0 radical (unpaired) electrons. The Morgan fingerprint density at radius 2 is 1.86 bits per heavy atom. The molecule has 3 rings (SSSR count). The van der Waals surface area contributed by atoms with Gasteiger partial charge in [-0.1, -0.05) is 12.1 Å². The van der Waals surface area contributed by atoms with Crippen LogP contribution in [0.15, 0.2) is 34.5 Å². The summed E-state index contributed by atoms with van der Waals surface area (Å²) in [6.45, 7) is 6.48. The van der Waals surface area contributed by atoms with Crippen molar-refractivity contribution in [1.29, 1.82) is 0 Å². The summed E-state index contributed by atoms with van der Waals surface area (Å²) in [7, 11) is -3.44. The standard InChI is InChI=1S/C17H21NO2S2/c1-12-10-14(3)17(11-13(12)2)22(19,20)18-8-4-6-15(18)16-7-5-9-21-16/h5,7,9-11,15H,4,6,8H2,1-3H3/t15-/m0/s1. The van der Waals surface area contributed by atoms with Gasteiger partial charge in [0.25, 0.3) is 0 Å². The van der Waals surface area contributed by atoms with E-state index in [-0.39, 0.29) is 6.04 Å². The molecule has 1 fully saturated rings. The first kappa shape index (κ1) is 15.7. The number of thiophene rings is 1. The molecule has 0 amide bonds. The average Bonchev–Trinajstić information content (AvgIpc) is 3.11. The molecule has 0 bridgehead atoms. The van der Waals surface area contributed by atoms with Crippen LogP contribution in [0.3, 0.4) is 0 Å². The highest BCUT2D eigenvalue weighted by molar-refractivity contribution is 7.89. The third-order valence-electron chi connectivity index (χ3n) is 4.45. The zero-order valence-corrected chi connectivity index (χ0v) is 14.8. The van der Waals surface area contributed by atoms with E-state index in [4.69, 9.17) is 0 Å². The van der Waals surface area contributed by atoms with E-state index in [1.807, 2.05) is 50.4 Å². The Morgan fingerprint density at radius 1 is 1.14 bits per heavy atom. The van der Waals surface area contributed by atoms with Gasteiger partial charge >= 0.3 is 0 Å². The quantitative estimate of drug-likeness (QED) is 0.843. The molecule has 1 aliphatic heterocycles. The molecule has 118 valence electrons. The molecule has 1 aliphatic rings. The number of benzene rings is 1. The van der Waals surface area contributed by atoms with Crippen molar-refractivity contribution in [2.75, 3.05) is 6.54 Å². The normalized spacial score (nSPS) is 19.7. The molecule has 0 N–H and O–H groups in total. The summed E-state index contributed by atoms with van der Waals surface area (Å²) in [5.41, 5.74) is 2.99. The number of hydrogen-bond donors (Lipinski definition) is 0. The first-order valence-corrected chi connectivity index (χ1v) is 9.86. The minimum absolute atomic E-state index is 0.00832. The molecule has 1 aromatic heterocycles. The third-order valence-corrected chi connectivity index (χ3v) is 7.48. The lowest BCUT2D eigenvalue weighted by atomic mass is 10.1. The van der Waals surface area contributed by atoms with Gasteiger partial charge in [0, 0.05) is 11.4 Å². The Balaban J connectivity index is 2.04. The number of aryl methyl sites for hydroxylation is 3. The van der Waals surface area contributed by atoms with Gasteiger partial charge in [-0.2, -0.15) is 4.31 Å². The van der Waals surface area contributed by atoms with E-state index in [2.05, 4.69) is 0 Å². The van der Waals surface area contributed by atoms with E-state index in [0.717, 1.165) is 34.4 Å². The molecule has 3 nitrogen and oxygen atoms in total. The summed E-state index contributed by atoms with van der Waals surface area (Å²) >= 11 is 1.64. The maximum absolute atomic E-state index is 13.2. The summed E-state index contributed by atoms with van der Waals surface area (Å²) in [6.07, 6.45) is 1.83. The molecule has 2 aromatic rings. The van der Waals surface area contributed by atoms with Crippen LogP contribution in [0, 0.1) is 20.8 Å². The van der Waals surface area contributed by atoms with Gasteiger partial charge in [0.2, 0.25) is 10.0 Å². The fourth-order valence-electron chi connectivity index (χ4n) is 3.13. The molecule has 2 heterocycles. The number of hydrogen-bond acceptors (Lipinski definition) is 3. The monoisotopic (exact) mass is 335 g/mol.